The monoisotopic (exact) mass is 367 g/mol. The van der Waals surface area contributed by atoms with E-state index >= 15 is 0 Å². The van der Waals surface area contributed by atoms with Gasteiger partial charge in [-0.15, -0.1) is 0 Å². The molecular formula is C17H35FNO4P. The SMILES string of the molecule is COCCCP(O[C@@H]1C(CO)OC[C@@H](C)[C@@H]1F)N(C(C)C)C(C)C. The van der Waals surface area contributed by atoms with Gasteiger partial charge in [0.15, 0.2) is 0 Å². The van der Waals surface area contributed by atoms with Crippen molar-refractivity contribution in [3.05, 3.63) is 0 Å². The topological polar surface area (TPSA) is 51.2 Å². The zero-order valence-corrected chi connectivity index (χ0v) is 16.8. The molecular weight excluding hydrogens is 332 g/mol. The maximum absolute atomic E-state index is 14.7. The lowest BCUT2D eigenvalue weighted by Crippen LogP contribution is -2.50. The first-order chi connectivity index (χ1) is 11.3. The molecule has 0 aromatic carbocycles. The standard InChI is InChI=1S/C17H35FNO4P/c1-12(2)19(13(3)4)24(9-7-8-21-6)23-17-15(10-20)22-11-14(5)16(17)18/h12-17,20H,7-11H2,1-6H3/t14-,15?,16+,17-,24?/m1/s1. The molecule has 7 heteroatoms. The largest absolute Gasteiger partial charge is 0.394 e. The molecule has 0 radical (unpaired) electrons. The summed E-state index contributed by atoms with van der Waals surface area (Å²) in [6, 6.07) is 0.595. The second-order valence-electron chi connectivity index (χ2n) is 7.04. The molecule has 1 heterocycles. The Kier molecular flexibility index (Phi) is 10.2. The minimum atomic E-state index is -1.12. The van der Waals surface area contributed by atoms with E-state index in [1.165, 1.54) is 0 Å². The average Bonchev–Trinajstić information content (AvgIpc) is 2.51. The summed E-state index contributed by atoms with van der Waals surface area (Å²) in [6.45, 7) is 11.1. The van der Waals surface area contributed by atoms with Gasteiger partial charge in [0.2, 0.25) is 0 Å². The molecule has 1 saturated heterocycles. The van der Waals surface area contributed by atoms with E-state index < -0.39 is 26.7 Å². The number of ether oxygens (including phenoxy) is 2. The van der Waals surface area contributed by atoms with E-state index in [0.29, 0.717) is 25.3 Å². The third-order valence-corrected chi connectivity index (χ3v) is 6.86. The highest BCUT2D eigenvalue weighted by Gasteiger charge is 2.42. The summed E-state index contributed by atoms with van der Waals surface area (Å²) in [7, 11) is 0.689. The van der Waals surface area contributed by atoms with Gasteiger partial charge in [0, 0.05) is 37.9 Å². The van der Waals surface area contributed by atoms with E-state index in [1.54, 1.807) is 7.11 Å². The minimum Gasteiger partial charge on any atom is -0.394 e. The molecule has 0 bridgehead atoms. The van der Waals surface area contributed by atoms with Crippen LogP contribution in [0.5, 0.6) is 0 Å². The Labute approximate surface area is 147 Å². The van der Waals surface area contributed by atoms with Crippen LogP contribution in [0.2, 0.25) is 0 Å². The number of methoxy groups -OCH3 is 1. The lowest BCUT2D eigenvalue weighted by Gasteiger charge is -2.43. The van der Waals surface area contributed by atoms with Crippen LogP contribution in [0.15, 0.2) is 0 Å². The maximum Gasteiger partial charge on any atom is 0.134 e. The first kappa shape index (κ1) is 22.2. The van der Waals surface area contributed by atoms with E-state index in [4.69, 9.17) is 14.0 Å². The van der Waals surface area contributed by atoms with Gasteiger partial charge in [-0.05, 0) is 34.1 Å². The van der Waals surface area contributed by atoms with Crippen LogP contribution in [-0.2, 0) is 14.0 Å². The molecule has 1 rings (SSSR count). The molecule has 0 amide bonds. The molecule has 1 aliphatic heterocycles. The van der Waals surface area contributed by atoms with E-state index in [9.17, 15) is 9.50 Å². The Morgan fingerprint density at radius 3 is 2.42 bits per heavy atom. The molecule has 2 unspecified atom stereocenters. The van der Waals surface area contributed by atoms with Crippen LogP contribution in [-0.4, -0.2) is 73.3 Å². The third kappa shape index (κ3) is 6.15. The average molecular weight is 367 g/mol. The molecule has 0 saturated carbocycles. The molecule has 144 valence electrons. The Morgan fingerprint density at radius 1 is 1.29 bits per heavy atom. The maximum atomic E-state index is 14.7. The fourth-order valence-electron chi connectivity index (χ4n) is 3.09. The van der Waals surface area contributed by atoms with Crippen molar-refractivity contribution >= 4 is 8.30 Å². The van der Waals surface area contributed by atoms with Gasteiger partial charge in [-0.1, -0.05) is 6.92 Å². The van der Waals surface area contributed by atoms with Crippen molar-refractivity contribution in [3.8, 4) is 0 Å². The van der Waals surface area contributed by atoms with Crippen LogP contribution in [0.4, 0.5) is 4.39 Å². The molecule has 1 fully saturated rings. The van der Waals surface area contributed by atoms with Crippen molar-refractivity contribution in [2.24, 2.45) is 5.92 Å². The van der Waals surface area contributed by atoms with Crippen molar-refractivity contribution in [2.45, 2.75) is 71.5 Å². The van der Waals surface area contributed by atoms with E-state index in [1.807, 2.05) is 6.92 Å². The van der Waals surface area contributed by atoms with E-state index in [0.717, 1.165) is 12.6 Å². The summed E-state index contributed by atoms with van der Waals surface area (Å²) in [4.78, 5) is 0. The van der Waals surface area contributed by atoms with Crippen LogP contribution in [0, 0.1) is 5.92 Å². The van der Waals surface area contributed by atoms with Gasteiger partial charge in [-0.3, -0.25) is 4.67 Å². The zero-order chi connectivity index (χ0) is 18.3. The van der Waals surface area contributed by atoms with E-state index in [-0.39, 0.29) is 12.5 Å². The Morgan fingerprint density at radius 2 is 1.92 bits per heavy atom. The molecule has 0 aliphatic carbocycles. The minimum absolute atomic E-state index is 0.220. The first-order valence-corrected chi connectivity index (χ1v) is 10.3. The first-order valence-electron chi connectivity index (χ1n) is 8.91. The number of aliphatic hydroxyl groups excluding tert-OH is 1. The van der Waals surface area contributed by atoms with Crippen molar-refractivity contribution < 1.29 is 23.5 Å². The van der Waals surface area contributed by atoms with Crippen LogP contribution >= 0.6 is 8.30 Å². The van der Waals surface area contributed by atoms with Gasteiger partial charge in [-0.2, -0.15) is 0 Å². The second kappa shape index (κ2) is 11.0. The van der Waals surface area contributed by atoms with Gasteiger partial charge in [0.1, 0.15) is 26.7 Å². The van der Waals surface area contributed by atoms with Crippen LogP contribution in [0.1, 0.15) is 41.0 Å². The van der Waals surface area contributed by atoms with Crippen LogP contribution in [0.25, 0.3) is 0 Å². The number of hydrogen-bond donors (Lipinski definition) is 1. The predicted molar refractivity (Wildman–Crippen MR) is 96.1 cm³/mol. The number of rotatable bonds is 10. The zero-order valence-electron chi connectivity index (χ0n) is 15.9. The predicted octanol–water partition coefficient (Wildman–Crippen LogP) is 3.20. The fraction of sp³-hybridized carbons (Fsp3) is 1.00. The second-order valence-corrected chi connectivity index (χ2v) is 8.86. The Bertz CT molecular complexity index is 339. The summed E-state index contributed by atoms with van der Waals surface area (Å²) in [6.07, 6.45) is -0.751. The molecule has 24 heavy (non-hydrogen) atoms. The van der Waals surface area contributed by atoms with Gasteiger partial charge >= 0.3 is 0 Å². The number of alkyl halides is 1. The normalized spacial score (nSPS) is 29.6. The summed E-state index contributed by atoms with van der Waals surface area (Å²) in [5.74, 6) is -0.222. The lowest BCUT2D eigenvalue weighted by molar-refractivity contribution is -0.139. The summed E-state index contributed by atoms with van der Waals surface area (Å²) < 4.78 is 34.1. The number of halogens is 1. The molecule has 0 aromatic heterocycles. The van der Waals surface area contributed by atoms with Crippen molar-refractivity contribution in [1.82, 2.24) is 4.67 Å². The smallest absolute Gasteiger partial charge is 0.134 e. The quantitative estimate of drug-likeness (QED) is 0.475. The van der Waals surface area contributed by atoms with Gasteiger partial charge in [-0.25, -0.2) is 4.39 Å². The van der Waals surface area contributed by atoms with E-state index in [2.05, 4.69) is 32.4 Å². The van der Waals surface area contributed by atoms with Gasteiger partial charge in [0.05, 0.1) is 13.2 Å². The lowest BCUT2D eigenvalue weighted by atomic mass is 9.95. The highest BCUT2D eigenvalue weighted by molar-refractivity contribution is 7.50. The number of aliphatic hydroxyl groups is 1. The fourth-order valence-corrected chi connectivity index (χ4v) is 5.50. The van der Waals surface area contributed by atoms with Crippen molar-refractivity contribution in [2.75, 3.05) is 33.1 Å². The molecule has 1 N–H and O–H groups in total. The molecule has 5 nitrogen and oxygen atoms in total. The molecule has 0 aromatic rings. The van der Waals surface area contributed by atoms with Gasteiger partial charge in [0.25, 0.3) is 0 Å². The van der Waals surface area contributed by atoms with Crippen molar-refractivity contribution in [1.29, 1.82) is 0 Å². The Balaban J connectivity index is 2.91. The Hall–Kier alpha value is 0.160. The number of hydrogen-bond acceptors (Lipinski definition) is 5. The molecule has 5 atom stereocenters. The summed E-state index contributed by atoms with van der Waals surface area (Å²) >= 11 is 0. The summed E-state index contributed by atoms with van der Waals surface area (Å²) in [5.41, 5.74) is 0. The van der Waals surface area contributed by atoms with Gasteiger partial charge < -0.3 is 19.1 Å². The highest BCUT2D eigenvalue weighted by Crippen LogP contribution is 2.48. The van der Waals surface area contributed by atoms with Crippen LogP contribution < -0.4 is 0 Å². The number of nitrogens with zero attached hydrogens (tertiary/aromatic N) is 1. The van der Waals surface area contributed by atoms with Crippen molar-refractivity contribution in [3.63, 3.8) is 0 Å². The molecule has 1 aliphatic rings. The highest BCUT2D eigenvalue weighted by atomic mass is 31.2. The summed E-state index contributed by atoms with van der Waals surface area (Å²) in [5, 5.41) is 9.55. The third-order valence-electron chi connectivity index (χ3n) is 4.23. The van der Waals surface area contributed by atoms with Crippen LogP contribution in [0.3, 0.4) is 0 Å². The molecule has 0 spiro atoms.